The van der Waals surface area contributed by atoms with E-state index in [9.17, 15) is 9.90 Å². The zero-order valence-corrected chi connectivity index (χ0v) is 15.0. The number of hydrogen-bond donors (Lipinski definition) is 3. The van der Waals surface area contributed by atoms with E-state index in [1.807, 2.05) is 6.07 Å². The SMILES string of the molecule is Cc1c(-c2nnn(CCO)n2)[nH]c(CO)c1C(=O)c1cccc(Br)c1. The number of tetrazole rings is 1. The van der Waals surface area contributed by atoms with Crippen molar-refractivity contribution in [2.75, 3.05) is 6.61 Å². The molecule has 0 atom stereocenters. The number of aliphatic hydroxyl groups is 2. The molecule has 2 heterocycles. The van der Waals surface area contributed by atoms with Gasteiger partial charge in [0.2, 0.25) is 5.82 Å². The van der Waals surface area contributed by atoms with Crippen molar-refractivity contribution < 1.29 is 15.0 Å². The molecule has 3 rings (SSSR count). The molecule has 2 aromatic heterocycles. The van der Waals surface area contributed by atoms with Crippen molar-refractivity contribution in [1.82, 2.24) is 25.2 Å². The second kappa shape index (κ2) is 7.26. The summed E-state index contributed by atoms with van der Waals surface area (Å²) in [6, 6.07) is 7.06. The molecule has 1 aromatic carbocycles. The Morgan fingerprint density at radius 1 is 1.36 bits per heavy atom. The third-order valence-corrected chi connectivity index (χ3v) is 4.27. The van der Waals surface area contributed by atoms with E-state index in [-0.39, 0.29) is 25.5 Å². The minimum atomic E-state index is -0.319. The zero-order valence-electron chi connectivity index (χ0n) is 13.4. The van der Waals surface area contributed by atoms with Gasteiger partial charge in [-0.3, -0.25) is 4.79 Å². The van der Waals surface area contributed by atoms with Crippen LogP contribution in [-0.2, 0) is 13.2 Å². The summed E-state index contributed by atoms with van der Waals surface area (Å²) in [5.41, 5.74) is 2.46. The van der Waals surface area contributed by atoms with Crippen molar-refractivity contribution in [3.63, 3.8) is 0 Å². The quantitative estimate of drug-likeness (QED) is 0.534. The number of ketones is 1. The maximum Gasteiger partial charge on any atom is 0.221 e. The van der Waals surface area contributed by atoms with E-state index in [1.54, 1.807) is 25.1 Å². The summed E-state index contributed by atoms with van der Waals surface area (Å²) in [7, 11) is 0. The van der Waals surface area contributed by atoms with E-state index in [2.05, 4.69) is 36.3 Å². The molecule has 0 radical (unpaired) electrons. The molecule has 0 fully saturated rings. The van der Waals surface area contributed by atoms with Crippen molar-refractivity contribution in [1.29, 1.82) is 0 Å². The van der Waals surface area contributed by atoms with Crippen LogP contribution in [0.4, 0.5) is 0 Å². The van der Waals surface area contributed by atoms with Crippen molar-refractivity contribution in [2.24, 2.45) is 0 Å². The summed E-state index contributed by atoms with van der Waals surface area (Å²) in [6.45, 7) is 1.57. The standard InChI is InChI=1S/C16H16BrN5O3/c1-9-13(15(25)10-3-2-4-11(17)7-10)12(8-24)18-14(9)16-19-21-22(20-16)5-6-23/h2-4,7,18,23-24H,5-6,8H2,1H3. The number of aromatic nitrogens is 5. The summed E-state index contributed by atoms with van der Waals surface area (Å²) in [5, 5.41) is 30.6. The lowest BCUT2D eigenvalue weighted by atomic mass is 9.99. The topological polar surface area (TPSA) is 117 Å². The van der Waals surface area contributed by atoms with Gasteiger partial charge in [0.05, 0.1) is 31.1 Å². The molecule has 0 saturated carbocycles. The predicted molar refractivity (Wildman–Crippen MR) is 92.9 cm³/mol. The highest BCUT2D eigenvalue weighted by atomic mass is 79.9. The fraction of sp³-hybridized carbons (Fsp3) is 0.250. The first kappa shape index (κ1) is 17.5. The van der Waals surface area contributed by atoms with Gasteiger partial charge in [-0.2, -0.15) is 4.80 Å². The first-order valence-electron chi connectivity index (χ1n) is 7.56. The van der Waals surface area contributed by atoms with Gasteiger partial charge < -0.3 is 15.2 Å². The second-order valence-corrected chi connectivity index (χ2v) is 6.32. The predicted octanol–water partition coefficient (Wildman–Crippen LogP) is 1.45. The number of aromatic amines is 1. The number of carbonyl (C=O) groups is 1. The molecule has 0 aliphatic carbocycles. The number of aliphatic hydroxyl groups excluding tert-OH is 2. The second-order valence-electron chi connectivity index (χ2n) is 5.41. The molecule has 9 heteroatoms. The van der Waals surface area contributed by atoms with E-state index in [4.69, 9.17) is 5.11 Å². The Hall–Kier alpha value is -2.36. The van der Waals surface area contributed by atoms with E-state index in [1.165, 1.54) is 4.80 Å². The number of hydrogen-bond acceptors (Lipinski definition) is 6. The summed E-state index contributed by atoms with van der Waals surface area (Å²) in [4.78, 5) is 17.2. The highest BCUT2D eigenvalue weighted by Crippen LogP contribution is 2.28. The average Bonchev–Trinajstić information content (AvgIpc) is 3.18. The molecule has 0 amide bonds. The number of rotatable bonds is 6. The number of nitrogens with zero attached hydrogens (tertiary/aromatic N) is 4. The zero-order chi connectivity index (χ0) is 18.0. The molecular weight excluding hydrogens is 390 g/mol. The first-order chi connectivity index (χ1) is 12.0. The Labute approximate surface area is 151 Å². The number of nitrogens with one attached hydrogen (secondary N) is 1. The molecule has 0 aliphatic rings. The molecule has 0 unspecified atom stereocenters. The lowest BCUT2D eigenvalue weighted by Crippen LogP contribution is -2.06. The lowest BCUT2D eigenvalue weighted by molar-refractivity contribution is 0.103. The minimum Gasteiger partial charge on any atom is -0.394 e. The summed E-state index contributed by atoms with van der Waals surface area (Å²) >= 11 is 3.36. The van der Waals surface area contributed by atoms with Gasteiger partial charge in [0, 0.05) is 15.6 Å². The Morgan fingerprint density at radius 3 is 2.84 bits per heavy atom. The third-order valence-electron chi connectivity index (χ3n) is 3.78. The van der Waals surface area contributed by atoms with Crippen molar-refractivity contribution in [3.05, 3.63) is 51.1 Å². The van der Waals surface area contributed by atoms with Crippen LogP contribution in [0.1, 0.15) is 27.2 Å². The van der Waals surface area contributed by atoms with Crippen LogP contribution in [0.25, 0.3) is 11.5 Å². The van der Waals surface area contributed by atoms with E-state index >= 15 is 0 Å². The van der Waals surface area contributed by atoms with E-state index in [0.717, 1.165) is 4.47 Å². The minimum absolute atomic E-state index is 0.103. The largest absolute Gasteiger partial charge is 0.394 e. The maximum atomic E-state index is 12.9. The van der Waals surface area contributed by atoms with Gasteiger partial charge in [-0.25, -0.2) is 0 Å². The van der Waals surface area contributed by atoms with E-state index in [0.29, 0.717) is 33.9 Å². The summed E-state index contributed by atoms with van der Waals surface area (Å²) < 4.78 is 0.797. The van der Waals surface area contributed by atoms with Crippen molar-refractivity contribution >= 4 is 21.7 Å². The number of H-pyrrole nitrogens is 1. The highest BCUT2D eigenvalue weighted by molar-refractivity contribution is 9.10. The summed E-state index contributed by atoms with van der Waals surface area (Å²) in [6.07, 6.45) is 0. The first-order valence-corrected chi connectivity index (χ1v) is 8.36. The fourth-order valence-electron chi connectivity index (χ4n) is 2.61. The van der Waals surface area contributed by atoms with E-state index < -0.39 is 0 Å². The number of halogens is 1. The van der Waals surface area contributed by atoms with Crippen molar-refractivity contribution in [2.45, 2.75) is 20.1 Å². The smallest absolute Gasteiger partial charge is 0.221 e. The average molecular weight is 406 g/mol. The molecular formula is C16H16BrN5O3. The Bertz CT molecular complexity index is 918. The molecule has 0 aliphatic heterocycles. The molecule has 130 valence electrons. The van der Waals surface area contributed by atoms with Crippen LogP contribution in [0.2, 0.25) is 0 Å². The summed E-state index contributed by atoms with van der Waals surface area (Å²) in [5.74, 6) is 0.0991. The Balaban J connectivity index is 2.05. The molecule has 0 saturated heterocycles. The fourth-order valence-corrected chi connectivity index (χ4v) is 3.01. The van der Waals surface area contributed by atoms with Gasteiger partial charge in [-0.15, -0.1) is 10.2 Å². The van der Waals surface area contributed by atoms with Crippen LogP contribution >= 0.6 is 15.9 Å². The maximum absolute atomic E-state index is 12.9. The van der Waals surface area contributed by atoms with Gasteiger partial charge in [0.15, 0.2) is 5.78 Å². The number of carbonyl (C=O) groups excluding carboxylic acids is 1. The molecule has 3 N–H and O–H groups in total. The monoisotopic (exact) mass is 405 g/mol. The van der Waals surface area contributed by atoms with Gasteiger partial charge in [0.1, 0.15) is 0 Å². The molecule has 3 aromatic rings. The Morgan fingerprint density at radius 2 is 2.16 bits per heavy atom. The molecule has 8 nitrogen and oxygen atoms in total. The molecule has 0 spiro atoms. The van der Waals surface area contributed by atoms with Gasteiger partial charge in [-0.05, 0) is 29.8 Å². The van der Waals surface area contributed by atoms with Gasteiger partial charge in [-0.1, -0.05) is 28.1 Å². The van der Waals surface area contributed by atoms with Gasteiger partial charge >= 0.3 is 0 Å². The lowest BCUT2D eigenvalue weighted by Gasteiger charge is -2.04. The van der Waals surface area contributed by atoms with Crippen molar-refractivity contribution in [3.8, 4) is 11.5 Å². The van der Waals surface area contributed by atoms with Crippen LogP contribution in [0.5, 0.6) is 0 Å². The van der Waals surface area contributed by atoms with Gasteiger partial charge in [0.25, 0.3) is 0 Å². The number of benzene rings is 1. The normalized spacial score (nSPS) is 11.0. The highest BCUT2D eigenvalue weighted by Gasteiger charge is 2.24. The Kier molecular flexibility index (Phi) is 5.07. The van der Waals surface area contributed by atoms with Crippen LogP contribution in [0.15, 0.2) is 28.7 Å². The third kappa shape index (κ3) is 3.39. The van der Waals surface area contributed by atoms with Crippen LogP contribution in [0.3, 0.4) is 0 Å². The van der Waals surface area contributed by atoms with Crippen LogP contribution in [0, 0.1) is 6.92 Å². The van der Waals surface area contributed by atoms with Crippen LogP contribution in [-0.4, -0.2) is 47.8 Å². The van der Waals surface area contributed by atoms with Crippen LogP contribution < -0.4 is 0 Å². The molecule has 0 bridgehead atoms. The molecule has 25 heavy (non-hydrogen) atoms.